The third-order valence-corrected chi connectivity index (χ3v) is 14.1. The predicted molar refractivity (Wildman–Crippen MR) is 344 cm³/mol. The third kappa shape index (κ3) is 20.6. The Kier molecular flexibility index (Phi) is 26.5. The van der Waals surface area contributed by atoms with Gasteiger partial charge in [-0.3, -0.25) is 4.98 Å². The van der Waals surface area contributed by atoms with Crippen molar-refractivity contribution in [2.45, 2.75) is 13.8 Å². The first-order chi connectivity index (χ1) is 43.5. The second-order valence-corrected chi connectivity index (χ2v) is 20.5. The van der Waals surface area contributed by atoms with Crippen LogP contribution in [0.15, 0.2) is 182 Å². The van der Waals surface area contributed by atoms with E-state index in [0.29, 0.717) is 132 Å². The number of hydrogen-bond acceptors (Lipinski definition) is 16. The second kappa shape index (κ2) is 35.9. The van der Waals surface area contributed by atoms with Crippen molar-refractivity contribution in [1.29, 1.82) is 0 Å². The van der Waals surface area contributed by atoms with Crippen molar-refractivity contribution in [2.24, 2.45) is 0 Å². The second-order valence-electron chi connectivity index (χ2n) is 20.5. The number of aryl methyl sites for hydroxylation is 2. The minimum Gasteiger partial charge on any atom is -0.491 e. The number of rotatable bonds is 18. The van der Waals surface area contributed by atoms with Crippen LogP contribution >= 0.6 is 0 Å². The summed E-state index contributed by atoms with van der Waals surface area (Å²) in [6.07, 6.45) is 3.88. The molecule has 8 bridgehead atoms. The van der Waals surface area contributed by atoms with E-state index in [9.17, 15) is 0 Å². The standard InChI is InChI=1S/C36H36N2O6.C36H40N2O6.Cu/c1-2-18-40-20-22-42-24-26-44-32-13-7-28(8-14-32)34-16-10-30-4-3-29-9-15-33(37-35(29)36(30)38-34)27-5-11-31(12-6-27)43-25-23-41-21-19-39-17-1;1-27-3-12-32(13-4-27)43-25-23-41-21-19-39-17-18-40-20-22-42-24-26-44-33-14-9-29(10-15-33)34-16-11-31-8-7-30-6-5-28(2)37-35(30)36(31)38-34;/h1-16H,17-26H2;3-16H,17-26H2,1-2H3;/b2-1-;;. The van der Waals surface area contributed by atoms with Crippen molar-refractivity contribution >= 4 is 43.6 Å². The van der Waals surface area contributed by atoms with E-state index in [1.807, 2.05) is 140 Å². The molecule has 0 saturated heterocycles. The summed E-state index contributed by atoms with van der Waals surface area (Å²) in [5.41, 5.74) is 11.5. The van der Waals surface area contributed by atoms with E-state index in [4.69, 9.17) is 76.8 Å². The zero-order valence-electron chi connectivity index (χ0n) is 50.5. The van der Waals surface area contributed by atoms with Crippen LogP contribution in [0.3, 0.4) is 0 Å². The molecule has 0 saturated carbocycles. The van der Waals surface area contributed by atoms with Gasteiger partial charge in [0.2, 0.25) is 0 Å². The van der Waals surface area contributed by atoms with Crippen LogP contribution in [-0.4, -0.2) is 152 Å². The van der Waals surface area contributed by atoms with Crippen molar-refractivity contribution in [3.05, 3.63) is 193 Å². The molecule has 0 fully saturated rings. The van der Waals surface area contributed by atoms with Gasteiger partial charge in [0, 0.05) is 61.0 Å². The molecular weight excluding hydrogens is 1180 g/mol. The van der Waals surface area contributed by atoms with E-state index in [2.05, 4.69) is 55.5 Å². The molecule has 3 aliphatic heterocycles. The van der Waals surface area contributed by atoms with Gasteiger partial charge in [-0.2, -0.15) is 0 Å². The molecule has 13 rings (SSSR count). The molecule has 0 atom stereocenters. The van der Waals surface area contributed by atoms with Crippen LogP contribution in [0.5, 0.6) is 23.0 Å². The number of aromatic nitrogens is 4. The normalized spacial score (nSPS) is 13.9. The maximum absolute atomic E-state index is 5.86. The van der Waals surface area contributed by atoms with Crippen molar-refractivity contribution in [3.8, 4) is 56.8 Å². The first-order valence-electron chi connectivity index (χ1n) is 30.0. The van der Waals surface area contributed by atoms with E-state index in [0.717, 1.165) is 106 Å². The molecule has 467 valence electrons. The maximum atomic E-state index is 5.86. The Labute approximate surface area is 530 Å². The van der Waals surface area contributed by atoms with Gasteiger partial charge in [0.05, 0.1) is 145 Å². The molecule has 0 spiro atoms. The molecule has 0 N–H and O–H groups in total. The van der Waals surface area contributed by atoms with Gasteiger partial charge in [-0.25, -0.2) is 15.0 Å². The van der Waals surface area contributed by atoms with Gasteiger partial charge >= 0.3 is 0 Å². The quantitative estimate of drug-likeness (QED) is 0.0345. The summed E-state index contributed by atoms with van der Waals surface area (Å²) in [7, 11) is 0. The molecule has 17 heteroatoms. The Morgan fingerprint density at radius 1 is 0.315 bits per heavy atom. The largest absolute Gasteiger partial charge is 0.491 e. The number of hydrogen-bond donors (Lipinski definition) is 0. The first kappa shape index (κ1) is 65.5. The Morgan fingerprint density at radius 2 is 0.629 bits per heavy atom. The molecular formula is C72H76CuN4O12. The molecule has 89 heavy (non-hydrogen) atoms. The van der Waals surface area contributed by atoms with Gasteiger partial charge in [0.25, 0.3) is 0 Å². The van der Waals surface area contributed by atoms with Gasteiger partial charge in [-0.1, -0.05) is 78.4 Å². The zero-order valence-corrected chi connectivity index (χ0v) is 51.4. The molecule has 10 aromatic rings. The Balaban J connectivity index is 0.000000209. The molecule has 6 aromatic carbocycles. The van der Waals surface area contributed by atoms with Gasteiger partial charge in [-0.15, -0.1) is 0 Å². The number of benzene rings is 6. The number of fused-ring (bicyclic) bond motifs is 5. The van der Waals surface area contributed by atoms with E-state index >= 15 is 0 Å². The van der Waals surface area contributed by atoms with Gasteiger partial charge in [0.1, 0.15) is 49.4 Å². The fourth-order valence-corrected chi connectivity index (χ4v) is 9.43. The van der Waals surface area contributed by atoms with E-state index < -0.39 is 0 Å². The number of nitrogens with zero attached hydrogens (tertiary/aromatic N) is 4. The van der Waals surface area contributed by atoms with Crippen molar-refractivity contribution in [1.82, 2.24) is 19.9 Å². The van der Waals surface area contributed by atoms with Crippen molar-refractivity contribution in [3.63, 3.8) is 0 Å². The van der Waals surface area contributed by atoms with Crippen LogP contribution in [0.4, 0.5) is 0 Å². The SMILES string of the molecule is C1=C\COCCOCCOc2ccc(cc2)-c2ccc3ccc4ccc(nc4c3n2)-c2ccc(cc2)OCCOCCOC/1.Cc1ccc(OCCOCCOCCOCCOCCOc2ccc(-c3ccc4ccc5ccc(C)nc5c4n3)cc2)cc1.[Cu]. The molecule has 0 amide bonds. The van der Waals surface area contributed by atoms with Crippen molar-refractivity contribution in [2.75, 3.05) is 132 Å². The monoisotopic (exact) mass is 1250 g/mol. The molecule has 7 heterocycles. The summed E-state index contributed by atoms with van der Waals surface area (Å²) in [5, 5.41) is 4.26. The topological polar surface area (TPSA) is 162 Å². The number of ether oxygens (including phenoxy) is 12. The fourth-order valence-electron chi connectivity index (χ4n) is 9.43. The molecule has 1 radical (unpaired) electrons. The summed E-state index contributed by atoms with van der Waals surface area (Å²) < 4.78 is 67.7. The van der Waals surface area contributed by atoms with Gasteiger partial charge in [0.15, 0.2) is 0 Å². The predicted octanol–water partition coefficient (Wildman–Crippen LogP) is 13.1. The van der Waals surface area contributed by atoms with E-state index in [-0.39, 0.29) is 17.1 Å². The molecule has 0 unspecified atom stereocenters. The van der Waals surface area contributed by atoms with Crippen LogP contribution in [0.25, 0.3) is 77.4 Å². The minimum absolute atomic E-state index is 0. The van der Waals surface area contributed by atoms with E-state index in [1.165, 1.54) is 5.56 Å². The van der Waals surface area contributed by atoms with Crippen LogP contribution < -0.4 is 18.9 Å². The molecule has 0 aliphatic carbocycles. The van der Waals surface area contributed by atoms with E-state index in [1.54, 1.807) is 0 Å². The van der Waals surface area contributed by atoms with Crippen LogP contribution in [-0.2, 0) is 55.0 Å². The average Bonchev–Trinajstić information content (AvgIpc) is 1.11. The Hall–Kier alpha value is -7.90. The Morgan fingerprint density at radius 3 is 1.03 bits per heavy atom. The summed E-state index contributed by atoms with van der Waals surface area (Å²) >= 11 is 0. The summed E-state index contributed by atoms with van der Waals surface area (Å²) in [4.78, 5) is 19.8. The third-order valence-electron chi connectivity index (χ3n) is 14.1. The Bertz CT molecular complexity index is 3640. The molecule has 4 aromatic heterocycles. The fraction of sp³-hybridized carbons (Fsp3) is 0.306. The summed E-state index contributed by atoms with van der Waals surface area (Å²) in [6.45, 7) is 14.1. The van der Waals surface area contributed by atoms with Crippen LogP contribution in [0, 0.1) is 13.8 Å². The van der Waals surface area contributed by atoms with Crippen LogP contribution in [0.1, 0.15) is 11.3 Å². The summed E-state index contributed by atoms with van der Waals surface area (Å²) in [5.74, 6) is 3.21. The smallest absolute Gasteiger partial charge is 0.119 e. The molecule has 3 aliphatic rings. The first-order valence-corrected chi connectivity index (χ1v) is 30.0. The molecule has 16 nitrogen and oxygen atoms in total. The maximum Gasteiger partial charge on any atom is 0.119 e. The van der Waals surface area contributed by atoms with Gasteiger partial charge < -0.3 is 56.8 Å². The van der Waals surface area contributed by atoms with Crippen molar-refractivity contribution < 1.29 is 73.9 Å². The van der Waals surface area contributed by atoms with Crippen LogP contribution in [0.2, 0.25) is 0 Å². The van der Waals surface area contributed by atoms with Gasteiger partial charge in [-0.05, 0) is 123 Å². The minimum atomic E-state index is 0. The number of pyridine rings is 4. The average molecular weight is 1250 g/mol. The summed E-state index contributed by atoms with van der Waals surface area (Å²) in [6, 6.07) is 56.8. The zero-order chi connectivity index (χ0) is 60.2.